The van der Waals surface area contributed by atoms with Crippen LogP contribution in [0.2, 0.25) is 0 Å². The number of aryl methyl sites for hydroxylation is 1. The molecular weight excluding hydrogens is 344 g/mol. The van der Waals surface area contributed by atoms with Gasteiger partial charge in [-0.05, 0) is 53.5 Å². The molecule has 0 radical (unpaired) electrons. The topological polar surface area (TPSA) is 12.0 Å². The SMILES string of the molecule is CCCNC(c1ccc(Br)s1)c1ccc(C)c(F)c1F. The third-order valence-corrected chi connectivity index (χ3v) is 4.78. The van der Waals surface area contributed by atoms with Crippen molar-refractivity contribution >= 4 is 27.3 Å². The maximum atomic E-state index is 14.2. The fraction of sp³-hybridized carbons (Fsp3) is 0.333. The average Bonchev–Trinajstić information content (AvgIpc) is 2.85. The van der Waals surface area contributed by atoms with Crippen molar-refractivity contribution in [3.05, 3.63) is 55.7 Å². The highest BCUT2D eigenvalue weighted by molar-refractivity contribution is 9.11. The first-order valence-corrected chi connectivity index (χ1v) is 8.08. The van der Waals surface area contributed by atoms with Crippen molar-refractivity contribution in [3.8, 4) is 0 Å². The van der Waals surface area contributed by atoms with Crippen molar-refractivity contribution < 1.29 is 8.78 Å². The van der Waals surface area contributed by atoms with E-state index in [4.69, 9.17) is 0 Å². The fourth-order valence-corrected chi connectivity index (χ4v) is 3.54. The third kappa shape index (κ3) is 3.27. The predicted molar refractivity (Wildman–Crippen MR) is 83.3 cm³/mol. The minimum absolute atomic E-state index is 0.318. The molecule has 0 spiro atoms. The zero-order valence-corrected chi connectivity index (χ0v) is 13.7. The Balaban J connectivity index is 2.43. The summed E-state index contributed by atoms with van der Waals surface area (Å²) in [6, 6.07) is 6.81. The number of benzene rings is 1. The van der Waals surface area contributed by atoms with Gasteiger partial charge in [0.15, 0.2) is 11.6 Å². The zero-order chi connectivity index (χ0) is 14.7. The molecule has 2 rings (SSSR count). The highest BCUT2D eigenvalue weighted by atomic mass is 79.9. The van der Waals surface area contributed by atoms with Gasteiger partial charge in [-0.15, -0.1) is 11.3 Å². The molecule has 1 aromatic carbocycles. The second-order valence-corrected chi connectivity index (χ2v) is 7.12. The van der Waals surface area contributed by atoms with E-state index < -0.39 is 11.6 Å². The van der Waals surface area contributed by atoms with E-state index in [1.54, 1.807) is 19.1 Å². The average molecular weight is 360 g/mol. The second-order valence-electron chi connectivity index (χ2n) is 4.63. The Kier molecular flexibility index (Phi) is 5.29. The molecule has 0 aliphatic rings. The summed E-state index contributed by atoms with van der Waals surface area (Å²) in [6.07, 6.45) is 0.930. The summed E-state index contributed by atoms with van der Waals surface area (Å²) in [5.74, 6) is -1.52. The Labute approximate surface area is 130 Å². The summed E-state index contributed by atoms with van der Waals surface area (Å²) < 4.78 is 29.0. The first-order valence-electron chi connectivity index (χ1n) is 6.47. The molecule has 0 fully saturated rings. The summed E-state index contributed by atoms with van der Waals surface area (Å²) in [6.45, 7) is 4.36. The van der Waals surface area contributed by atoms with Crippen LogP contribution in [0.1, 0.15) is 35.4 Å². The first-order chi connectivity index (χ1) is 9.54. The van der Waals surface area contributed by atoms with Gasteiger partial charge in [0, 0.05) is 10.4 Å². The molecule has 0 bridgehead atoms. The van der Waals surface area contributed by atoms with E-state index in [9.17, 15) is 8.78 Å². The van der Waals surface area contributed by atoms with Gasteiger partial charge in [0.2, 0.25) is 0 Å². The number of thiophene rings is 1. The van der Waals surface area contributed by atoms with Crippen LogP contribution in [-0.4, -0.2) is 6.54 Å². The smallest absolute Gasteiger partial charge is 0.164 e. The van der Waals surface area contributed by atoms with Crippen LogP contribution in [0, 0.1) is 18.6 Å². The predicted octanol–water partition coefficient (Wildman–Crippen LogP) is 5.19. The summed E-state index contributed by atoms with van der Waals surface area (Å²) in [5.41, 5.74) is 0.684. The maximum absolute atomic E-state index is 14.2. The second kappa shape index (κ2) is 6.78. The molecule has 0 saturated carbocycles. The summed E-state index contributed by atoms with van der Waals surface area (Å²) in [4.78, 5) is 0.965. The van der Waals surface area contributed by atoms with Crippen molar-refractivity contribution in [2.24, 2.45) is 0 Å². The Morgan fingerprint density at radius 1 is 1.20 bits per heavy atom. The van der Waals surface area contributed by atoms with E-state index >= 15 is 0 Å². The molecule has 108 valence electrons. The number of halogens is 3. The summed E-state index contributed by atoms with van der Waals surface area (Å²) in [7, 11) is 0. The molecule has 1 heterocycles. The Hall–Kier alpha value is -0.780. The van der Waals surface area contributed by atoms with Gasteiger partial charge in [-0.25, -0.2) is 8.78 Å². The normalized spacial score (nSPS) is 12.7. The lowest BCUT2D eigenvalue weighted by Crippen LogP contribution is -2.23. The number of hydrogen-bond acceptors (Lipinski definition) is 2. The van der Waals surface area contributed by atoms with Gasteiger partial charge >= 0.3 is 0 Å². The molecule has 20 heavy (non-hydrogen) atoms. The minimum atomic E-state index is -0.763. The van der Waals surface area contributed by atoms with Crippen LogP contribution >= 0.6 is 27.3 Å². The van der Waals surface area contributed by atoms with Gasteiger partial charge in [0.1, 0.15) is 0 Å². The molecule has 0 amide bonds. The van der Waals surface area contributed by atoms with E-state index in [1.165, 1.54) is 11.3 Å². The van der Waals surface area contributed by atoms with E-state index in [0.717, 1.165) is 21.6 Å². The molecule has 1 nitrogen and oxygen atoms in total. The fourth-order valence-electron chi connectivity index (χ4n) is 2.02. The van der Waals surface area contributed by atoms with Crippen LogP contribution in [0.5, 0.6) is 0 Å². The molecule has 2 aromatic rings. The van der Waals surface area contributed by atoms with Crippen LogP contribution in [0.3, 0.4) is 0 Å². The van der Waals surface area contributed by atoms with E-state index in [1.807, 2.05) is 19.1 Å². The van der Waals surface area contributed by atoms with Crippen LogP contribution in [0.15, 0.2) is 28.1 Å². The highest BCUT2D eigenvalue weighted by Crippen LogP contribution is 2.33. The summed E-state index contributed by atoms with van der Waals surface area (Å²) >= 11 is 4.93. The molecule has 1 aromatic heterocycles. The van der Waals surface area contributed by atoms with Gasteiger partial charge in [-0.1, -0.05) is 19.1 Å². The highest BCUT2D eigenvalue weighted by Gasteiger charge is 2.22. The van der Waals surface area contributed by atoms with Crippen molar-refractivity contribution in [1.29, 1.82) is 0 Å². The van der Waals surface area contributed by atoms with Crippen LogP contribution in [-0.2, 0) is 0 Å². The largest absolute Gasteiger partial charge is 0.306 e. The first kappa shape index (κ1) is 15.6. The molecule has 0 aliphatic carbocycles. The molecule has 1 N–H and O–H groups in total. The summed E-state index contributed by atoms with van der Waals surface area (Å²) in [5, 5.41) is 3.29. The number of rotatable bonds is 5. The lowest BCUT2D eigenvalue weighted by Gasteiger charge is -2.19. The van der Waals surface area contributed by atoms with Gasteiger partial charge in [0.25, 0.3) is 0 Å². The third-order valence-electron chi connectivity index (χ3n) is 3.09. The Morgan fingerprint density at radius 3 is 2.55 bits per heavy atom. The van der Waals surface area contributed by atoms with E-state index in [2.05, 4.69) is 21.2 Å². The van der Waals surface area contributed by atoms with Gasteiger partial charge in [-0.2, -0.15) is 0 Å². The molecule has 0 aliphatic heterocycles. The lowest BCUT2D eigenvalue weighted by atomic mass is 10.0. The van der Waals surface area contributed by atoms with E-state index in [-0.39, 0.29) is 6.04 Å². The van der Waals surface area contributed by atoms with Gasteiger partial charge in [0.05, 0.1) is 9.83 Å². The molecule has 5 heteroatoms. The van der Waals surface area contributed by atoms with Crippen LogP contribution in [0.4, 0.5) is 8.78 Å². The molecular formula is C15H16BrF2NS. The van der Waals surface area contributed by atoms with E-state index in [0.29, 0.717) is 11.1 Å². The Morgan fingerprint density at radius 2 is 1.95 bits per heavy atom. The van der Waals surface area contributed by atoms with Crippen molar-refractivity contribution in [2.45, 2.75) is 26.3 Å². The van der Waals surface area contributed by atoms with Crippen LogP contribution in [0.25, 0.3) is 0 Å². The number of nitrogens with one attached hydrogen (secondary N) is 1. The number of hydrogen-bond donors (Lipinski definition) is 1. The maximum Gasteiger partial charge on any atom is 0.164 e. The molecule has 1 atom stereocenters. The quantitative estimate of drug-likeness (QED) is 0.774. The molecule has 1 unspecified atom stereocenters. The Bertz CT molecular complexity index is 598. The monoisotopic (exact) mass is 359 g/mol. The van der Waals surface area contributed by atoms with Crippen LogP contribution < -0.4 is 5.32 Å². The zero-order valence-electron chi connectivity index (χ0n) is 11.3. The molecule has 0 saturated heterocycles. The lowest BCUT2D eigenvalue weighted by molar-refractivity contribution is 0.477. The standard InChI is InChI=1S/C15H16BrF2NS/c1-3-8-19-15(11-6-7-12(16)20-11)10-5-4-9(2)13(17)14(10)18/h4-7,15,19H,3,8H2,1-2H3. The van der Waals surface area contributed by atoms with Crippen molar-refractivity contribution in [2.75, 3.05) is 6.54 Å². The van der Waals surface area contributed by atoms with Gasteiger partial charge in [-0.3, -0.25) is 0 Å². The van der Waals surface area contributed by atoms with Crippen molar-refractivity contribution in [1.82, 2.24) is 5.32 Å². The van der Waals surface area contributed by atoms with Gasteiger partial charge < -0.3 is 5.32 Å². The van der Waals surface area contributed by atoms with Crippen molar-refractivity contribution in [3.63, 3.8) is 0 Å². The minimum Gasteiger partial charge on any atom is -0.306 e.